The number of amides is 1. The third-order valence-corrected chi connectivity index (χ3v) is 7.57. The van der Waals surface area contributed by atoms with Gasteiger partial charge in [0.05, 0.1) is 11.4 Å². The molecule has 4 rings (SSSR count). The normalized spacial score (nSPS) is 14.8. The molecule has 1 aromatic carbocycles. The molecule has 0 saturated carbocycles. The average Bonchev–Trinajstić information content (AvgIpc) is 3.46. The summed E-state index contributed by atoms with van der Waals surface area (Å²) in [6.45, 7) is 2.71. The molecule has 0 atom stereocenters. The summed E-state index contributed by atoms with van der Waals surface area (Å²) in [6, 6.07) is 10.5. The van der Waals surface area contributed by atoms with Crippen molar-refractivity contribution >= 4 is 21.6 Å². The molecule has 1 N–H and O–H groups in total. The third-order valence-electron chi connectivity index (χ3n) is 5.71. The standard InChI is InChI=1S/C21H25N5O4S/c1-15-19(21(28)26(24(15)3)16-9-5-4-6-10-16)22-20(27)18-13-17(14-23(18)2)31(29,30)25-11-7-8-12-25/h4-6,9-10,13-14H,7-8,11-12H2,1-3H3,(H,22,27). The minimum atomic E-state index is -3.64. The number of nitrogens with one attached hydrogen (secondary N) is 1. The third kappa shape index (κ3) is 3.61. The van der Waals surface area contributed by atoms with Crippen molar-refractivity contribution in [2.45, 2.75) is 24.7 Å². The van der Waals surface area contributed by atoms with Gasteiger partial charge in [-0.15, -0.1) is 0 Å². The molecule has 164 valence electrons. The molecule has 0 radical (unpaired) electrons. The Bertz CT molecular complexity index is 1300. The van der Waals surface area contributed by atoms with Crippen molar-refractivity contribution in [1.82, 2.24) is 18.2 Å². The average molecular weight is 444 g/mol. The van der Waals surface area contributed by atoms with Gasteiger partial charge in [-0.1, -0.05) is 18.2 Å². The molecule has 1 saturated heterocycles. The van der Waals surface area contributed by atoms with Gasteiger partial charge in [0, 0.05) is 33.4 Å². The number of nitrogens with zero attached hydrogens (tertiary/aromatic N) is 4. The summed E-state index contributed by atoms with van der Waals surface area (Å²) >= 11 is 0. The highest BCUT2D eigenvalue weighted by atomic mass is 32.2. The van der Waals surface area contributed by atoms with E-state index < -0.39 is 15.9 Å². The Morgan fingerprint density at radius 2 is 1.71 bits per heavy atom. The van der Waals surface area contributed by atoms with Crippen molar-refractivity contribution in [2.75, 3.05) is 18.4 Å². The van der Waals surface area contributed by atoms with Crippen molar-refractivity contribution in [3.8, 4) is 5.69 Å². The van der Waals surface area contributed by atoms with Gasteiger partial charge in [0.2, 0.25) is 10.0 Å². The molecule has 0 aliphatic carbocycles. The van der Waals surface area contributed by atoms with Crippen molar-refractivity contribution < 1.29 is 13.2 Å². The number of hydrogen-bond acceptors (Lipinski definition) is 4. The van der Waals surface area contributed by atoms with E-state index in [4.69, 9.17) is 0 Å². The van der Waals surface area contributed by atoms with Gasteiger partial charge < -0.3 is 9.88 Å². The van der Waals surface area contributed by atoms with Gasteiger partial charge in [0.1, 0.15) is 16.3 Å². The zero-order chi connectivity index (χ0) is 22.3. The van der Waals surface area contributed by atoms with E-state index in [0.29, 0.717) is 24.5 Å². The van der Waals surface area contributed by atoms with Gasteiger partial charge in [-0.05, 0) is 38.0 Å². The highest BCUT2D eigenvalue weighted by Crippen LogP contribution is 2.23. The second-order valence-corrected chi connectivity index (χ2v) is 9.61. The van der Waals surface area contributed by atoms with Crippen LogP contribution >= 0.6 is 0 Å². The van der Waals surface area contributed by atoms with E-state index in [9.17, 15) is 18.0 Å². The fourth-order valence-electron chi connectivity index (χ4n) is 3.87. The van der Waals surface area contributed by atoms with E-state index in [1.165, 1.54) is 25.8 Å². The fourth-order valence-corrected chi connectivity index (χ4v) is 5.46. The van der Waals surface area contributed by atoms with Crippen molar-refractivity contribution in [3.63, 3.8) is 0 Å². The number of carbonyl (C=O) groups is 1. The molecule has 1 amide bonds. The number of para-hydroxylation sites is 1. The Morgan fingerprint density at radius 3 is 2.35 bits per heavy atom. The highest BCUT2D eigenvalue weighted by Gasteiger charge is 2.30. The summed E-state index contributed by atoms with van der Waals surface area (Å²) in [6.07, 6.45) is 3.10. The molecule has 9 nitrogen and oxygen atoms in total. The van der Waals surface area contributed by atoms with E-state index in [1.807, 2.05) is 18.2 Å². The van der Waals surface area contributed by atoms with E-state index in [1.54, 1.807) is 37.8 Å². The zero-order valence-electron chi connectivity index (χ0n) is 17.7. The van der Waals surface area contributed by atoms with Gasteiger partial charge in [0.15, 0.2) is 0 Å². The predicted octanol–water partition coefficient (Wildman–Crippen LogP) is 1.86. The van der Waals surface area contributed by atoms with Crippen LogP contribution in [0.25, 0.3) is 5.69 Å². The quantitative estimate of drug-likeness (QED) is 0.651. The number of anilines is 1. The molecule has 0 bridgehead atoms. The first-order valence-electron chi connectivity index (χ1n) is 10.0. The number of hydrogen-bond donors (Lipinski definition) is 1. The lowest BCUT2D eigenvalue weighted by Crippen LogP contribution is -2.27. The number of rotatable bonds is 5. The van der Waals surface area contributed by atoms with E-state index in [0.717, 1.165) is 12.8 Å². The Kier molecular flexibility index (Phi) is 5.36. The van der Waals surface area contributed by atoms with Crippen LogP contribution in [0.5, 0.6) is 0 Å². The van der Waals surface area contributed by atoms with Gasteiger partial charge in [0.25, 0.3) is 11.5 Å². The van der Waals surface area contributed by atoms with Gasteiger partial charge in [-0.25, -0.2) is 13.1 Å². The zero-order valence-corrected chi connectivity index (χ0v) is 18.5. The van der Waals surface area contributed by atoms with E-state index in [-0.39, 0.29) is 21.8 Å². The van der Waals surface area contributed by atoms with Crippen molar-refractivity contribution in [1.29, 1.82) is 0 Å². The molecular weight excluding hydrogens is 418 g/mol. The first kappa shape index (κ1) is 21.1. The van der Waals surface area contributed by atoms with Crippen LogP contribution in [-0.2, 0) is 24.1 Å². The summed E-state index contributed by atoms with van der Waals surface area (Å²) in [4.78, 5) is 26.1. The maximum Gasteiger partial charge on any atom is 0.295 e. The second-order valence-electron chi connectivity index (χ2n) is 7.67. The van der Waals surface area contributed by atoms with Crippen molar-refractivity contribution in [2.24, 2.45) is 14.1 Å². The molecule has 1 aliphatic heterocycles. The Morgan fingerprint density at radius 1 is 1.06 bits per heavy atom. The van der Waals surface area contributed by atoms with E-state index >= 15 is 0 Å². The summed E-state index contributed by atoms with van der Waals surface area (Å²) in [5.41, 5.74) is 1.21. The largest absolute Gasteiger partial charge is 0.345 e. The lowest BCUT2D eigenvalue weighted by molar-refractivity contribution is 0.101. The topological polar surface area (TPSA) is 98.3 Å². The molecule has 1 fully saturated rings. The molecule has 10 heteroatoms. The second kappa shape index (κ2) is 7.86. The number of benzene rings is 1. The minimum Gasteiger partial charge on any atom is -0.345 e. The SMILES string of the molecule is Cc1c(NC(=O)c2cc(S(=O)(=O)N3CCCC3)cn2C)c(=O)n(-c2ccccc2)n1C. The molecule has 31 heavy (non-hydrogen) atoms. The van der Waals surface area contributed by atoms with Gasteiger partial charge >= 0.3 is 0 Å². The van der Waals surface area contributed by atoms with Crippen LogP contribution in [0.15, 0.2) is 52.3 Å². The van der Waals surface area contributed by atoms with Crippen LogP contribution in [0, 0.1) is 6.92 Å². The van der Waals surface area contributed by atoms with E-state index in [2.05, 4.69) is 5.32 Å². The lowest BCUT2D eigenvalue weighted by Gasteiger charge is -2.13. The predicted molar refractivity (Wildman–Crippen MR) is 117 cm³/mol. The van der Waals surface area contributed by atoms with Crippen LogP contribution in [0.3, 0.4) is 0 Å². The summed E-state index contributed by atoms with van der Waals surface area (Å²) in [5.74, 6) is -0.545. The van der Waals surface area contributed by atoms with Crippen LogP contribution in [-0.4, -0.2) is 45.7 Å². The monoisotopic (exact) mass is 443 g/mol. The van der Waals surface area contributed by atoms with Crippen molar-refractivity contribution in [3.05, 3.63) is 64.3 Å². The maximum atomic E-state index is 13.0. The first-order chi connectivity index (χ1) is 14.7. The Balaban J connectivity index is 1.66. The Hall–Kier alpha value is -3.11. The molecular formula is C21H25N5O4S. The molecule has 0 unspecified atom stereocenters. The highest BCUT2D eigenvalue weighted by molar-refractivity contribution is 7.89. The minimum absolute atomic E-state index is 0.0773. The lowest BCUT2D eigenvalue weighted by atomic mass is 10.3. The molecule has 0 spiro atoms. The Labute approximate surface area is 180 Å². The summed E-state index contributed by atoms with van der Waals surface area (Å²) < 4.78 is 31.7. The smallest absolute Gasteiger partial charge is 0.295 e. The summed E-state index contributed by atoms with van der Waals surface area (Å²) in [5, 5.41) is 2.68. The van der Waals surface area contributed by atoms with Crippen LogP contribution in [0.1, 0.15) is 29.0 Å². The van der Waals surface area contributed by atoms with Crippen LogP contribution in [0.2, 0.25) is 0 Å². The summed E-state index contributed by atoms with van der Waals surface area (Å²) in [7, 11) is -0.291. The number of aromatic nitrogens is 3. The maximum absolute atomic E-state index is 13.0. The van der Waals surface area contributed by atoms with Crippen LogP contribution in [0.4, 0.5) is 5.69 Å². The first-order valence-corrected chi connectivity index (χ1v) is 11.5. The van der Waals surface area contributed by atoms with Crippen LogP contribution < -0.4 is 10.9 Å². The fraction of sp³-hybridized carbons (Fsp3) is 0.333. The molecule has 2 aromatic heterocycles. The molecule has 1 aliphatic rings. The number of carbonyl (C=O) groups excluding carboxylic acids is 1. The van der Waals surface area contributed by atoms with Gasteiger partial charge in [-0.3, -0.25) is 14.3 Å². The number of sulfonamides is 1. The molecule has 3 aromatic rings. The number of aryl methyl sites for hydroxylation is 1. The van der Waals surface area contributed by atoms with Gasteiger partial charge in [-0.2, -0.15) is 4.31 Å². The molecule has 3 heterocycles.